The van der Waals surface area contributed by atoms with Crippen LogP contribution < -0.4 is 10.6 Å². The number of hydrogen-bond donors (Lipinski definition) is 3. The van der Waals surface area contributed by atoms with E-state index in [1.165, 1.54) is 11.0 Å². The van der Waals surface area contributed by atoms with E-state index in [4.69, 9.17) is 4.74 Å². The van der Waals surface area contributed by atoms with Crippen LogP contribution in [0.3, 0.4) is 0 Å². The van der Waals surface area contributed by atoms with Crippen LogP contribution in [0.5, 0.6) is 0 Å². The maximum absolute atomic E-state index is 13.4. The zero-order chi connectivity index (χ0) is 25.0. The molecule has 3 N–H and O–H groups in total. The summed E-state index contributed by atoms with van der Waals surface area (Å²) in [7, 11) is 0. The Morgan fingerprint density at radius 2 is 1.82 bits per heavy atom. The number of ether oxygens (including phenoxy) is 1. The van der Waals surface area contributed by atoms with Gasteiger partial charge in [-0.3, -0.25) is 9.59 Å². The molecule has 0 saturated carbocycles. The molecule has 2 atom stereocenters. The first kappa shape index (κ1) is 28.2. The van der Waals surface area contributed by atoms with E-state index in [1.807, 2.05) is 19.1 Å². The van der Waals surface area contributed by atoms with Crippen molar-refractivity contribution in [3.05, 3.63) is 48.0 Å². The molecule has 1 aromatic carbocycles. The lowest BCUT2D eigenvalue weighted by Crippen LogP contribution is -2.54. The van der Waals surface area contributed by atoms with Crippen LogP contribution in [-0.2, 0) is 14.3 Å². The lowest BCUT2D eigenvalue weighted by atomic mass is 10.0. The molecule has 0 aliphatic carbocycles. The lowest BCUT2D eigenvalue weighted by Gasteiger charge is -2.33. The number of aliphatic hydroxyl groups is 1. The van der Waals surface area contributed by atoms with E-state index in [-0.39, 0.29) is 12.5 Å². The highest BCUT2D eigenvalue weighted by Gasteiger charge is 2.35. The number of benzene rings is 1. The summed E-state index contributed by atoms with van der Waals surface area (Å²) < 4.78 is 5.21. The van der Waals surface area contributed by atoms with Crippen LogP contribution in [0.25, 0.3) is 0 Å². The largest absolute Gasteiger partial charge is 0.444 e. The molecule has 0 saturated heterocycles. The molecule has 0 heterocycles. The number of carbonyl (C=O) groups is 3. The van der Waals surface area contributed by atoms with Crippen molar-refractivity contribution in [3.63, 3.8) is 0 Å². The summed E-state index contributed by atoms with van der Waals surface area (Å²) in [5, 5.41) is 15.2. The van der Waals surface area contributed by atoms with Gasteiger partial charge in [-0.1, -0.05) is 55.7 Å². The fourth-order valence-corrected chi connectivity index (χ4v) is 3.20. The third-order valence-electron chi connectivity index (χ3n) is 4.81. The molecule has 0 fully saturated rings. The third kappa shape index (κ3) is 9.65. The predicted octanol–water partition coefficient (Wildman–Crippen LogP) is 3.24. The second kappa shape index (κ2) is 13.6. The number of aryl methyl sites for hydroxylation is 1. The van der Waals surface area contributed by atoms with Gasteiger partial charge in [-0.05, 0) is 39.7 Å². The quantitative estimate of drug-likeness (QED) is 0.327. The monoisotopic (exact) mass is 461 g/mol. The highest BCUT2D eigenvalue weighted by atomic mass is 16.6. The molecule has 184 valence electrons. The van der Waals surface area contributed by atoms with Crippen LogP contribution in [0.2, 0.25) is 0 Å². The average Bonchev–Trinajstić information content (AvgIpc) is 2.74. The number of rotatable bonds is 12. The highest BCUT2D eigenvalue weighted by molar-refractivity contribution is 5.92. The summed E-state index contributed by atoms with van der Waals surface area (Å²) in [6, 6.07) is 5.10. The number of amides is 3. The van der Waals surface area contributed by atoms with Gasteiger partial charge in [0.25, 0.3) is 0 Å². The number of aliphatic hydroxyl groups excluding tert-OH is 1. The van der Waals surface area contributed by atoms with Crippen molar-refractivity contribution in [2.45, 2.75) is 71.6 Å². The fraction of sp³-hybridized carbons (Fsp3) is 0.560. The van der Waals surface area contributed by atoms with Crippen LogP contribution >= 0.6 is 0 Å². The Kier molecular flexibility index (Phi) is 11.6. The molecule has 0 aliphatic rings. The molecular formula is C25H39N3O5. The number of unbranched alkanes of at least 4 members (excludes halogenated alkanes) is 2. The summed E-state index contributed by atoms with van der Waals surface area (Å²) >= 11 is 0. The fourth-order valence-electron chi connectivity index (χ4n) is 3.20. The van der Waals surface area contributed by atoms with Crippen molar-refractivity contribution in [3.8, 4) is 0 Å². The molecule has 0 bridgehead atoms. The average molecular weight is 462 g/mol. The Hall–Kier alpha value is -2.87. The molecule has 8 heteroatoms. The molecule has 0 aromatic heterocycles. The highest BCUT2D eigenvalue weighted by Crippen LogP contribution is 2.23. The summed E-state index contributed by atoms with van der Waals surface area (Å²) in [5.74, 6) is -0.948. The van der Waals surface area contributed by atoms with E-state index in [1.54, 1.807) is 32.9 Å². The van der Waals surface area contributed by atoms with Gasteiger partial charge in [0.2, 0.25) is 11.8 Å². The molecule has 0 radical (unpaired) electrons. The first-order chi connectivity index (χ1) is 15.5. The summed E-state index contributed by atoms with van der Waals surface area (Å²) in [6.45, 7) is 12.7. The number of hydrogen-bond acceptors (Lipinski definition) is 5. The van der Waals surface area contributed by atoms with E-state index in [0.29, 0.717) is 12.1 Å². The summed E-state index contributed by atoms with van der Waals surface area (Å²) in [4.78, 5) is 40.1. The zero-order valence-electron chi connectivity index (χ0n) is 20.5. The Labute approximate surface area is 197 Å². The Morgan fingerprint density at radius 1 is 1.18 bits per heavy atom. The molecule has 0 spiro atoms. The number of nitrogens with one attached hydrogen (secondary N) is 2. The second-order valence-electron chi connectivity index (χ2n) is 8.97. The zero-order valence-corrected chi connectivity index (χ0v) is 20.5. The lowest BCUT2D eigenvalue weighted by molar-refractivity contribution is -0.142. The van der Waals surface area contributed by atoms with Gasteiger partial charge in [-0.2, -0.15) is 0 Å². The Morgan fingerprint density at radius 3 is 2.33 bits per heavy atom. The van der Waals surface area contributed by atoms with Gasteiger partial charge < -0.3 is 25.4 Å². The molecule has 1 aromatic rings. The molecular weight excluding hydrogens is 422 g/mol. The van der Waals surface area contributed by atoms with Gasteiger partial charge >= 0.3 is 6.09 Å². The maximum Gasteiger partial charge on any atom is 0.408 e. The van der Waals surface area contributed by atoms with Gasteiger partial charge in [0.15, 0.2) is 0 Å². The van der Waals surface area contributed by atoms with Crippen LogP contribution in [0.15, 0.2) is 36.9 Å². The normalized spacial score (nSPS) is 12.9. The van der Waals surface area contributed by atoms with Crippen molar-refractivity contribution < 1.29 is 24.2 Å². The maximum atomic E-state index is 13.4. The van der Waals surface area contributed by atoms with Gasteiger partial charge in [0.05, 0.1) is 6.61 Å². The van der Waals surface area contributed by atoms with E-state index < -0.39 is 36.3 Å². The molecule has 1 rings (SSSR count). The van der Waals surface area contributed by atoms with Gasteiger partial charge in [0.1, 0.15) is 17.7 Å². The Bertz CT molecular complexity index is 786. The molecule has 2 unspecified atom stereocenters. The molecule has 33 heavy (non-hydrogen) atoms. The number of nitrogens with zero attached hydrogens (tertiary/aromatic N) is 1. The second-order valence-corrected chi connectivity index (χ2v) is 8.97. The number of alkyl carbamates (subject to hydrolysis) is 1. The minimum atomic E-state index is -1.28. The minimum absolute atomic E-state index is 0.0479. The van der Waals surface area contributed by atoms with E-state index >= 15 is 0 Å². The van der Waals surface area contributed by atoms with E-state index in [0.717, 1.165) is 24.8 Å². The van der Waals surface area contributed by atoms with Crippen LogP contribution in [0.4, 0.5) is 4.79 Å². The predicted molar refractivity (Wildman–Crippen MR) is 129 cm³/mol. The van der Waals surface area contributed by atoms with Crippen LogP contribution in [0, 0.1) is 6.92 Å². The molecule has 0 aliphatic heterocycles. The minimum Gasteiger partial charge on any atom is -0.444 e. The first-order valence-corrected chi connectivity index (χ1v) is 11.4. The van der Waals surface area contributed by atoms with E-state index in [2.05, 4.69) is 24.1 Å². The van der Waals surface area contributed by atoms with Gasteiger partial charge in [-0.15, -0.1) is 6.58 Å². The van der Waals surface area contributed by atoms with Crippen molar-refractivity contribution >= 4 is 17.9 Å². The van der Waals surface area contributed by atoms with Crippen LogP contribution in [-0.4, -0.2) is 59.3 Å². The number of carbonyl (C=O) groups excluding carboxylic acids is 3. The summed E-state index contributed by atoms with van der Waals surface area (Å²) in [5.41, 5.74) is 0.872. The Balaban J connectivity index is 3.22. The van der Waals surface area contributed by atoms with Crippen LogP contribution in [0.1, 0.15) is 64.1 Å². The SMILES string of the molecule is C=CCN(C(=O)C(CO)NC(=O)OC(C)(C)C)C(C(=O)NCCCCC)c1ccc(C)cc1. The van der Waals surface area contributed by atoms with E-state index in [9.17, 15) is 19.5 Å². The smallest absolute Gasteiger partial charge is 0.408 e. The first-order valence-electron chi connectivity index (χ1n) is 11.4. The summed E-state index contributed by atoms with van der Waals surface area (Å²) in [6.07, 6.45) is 3.51. The standard InChI is InChI=1S/C25H39N3O5/c1-7-9-10-15-26-22(30)21(19-13-11-18(3)12-14-19)28(16-8-2)23(31)20(17-29)27-24(32)33-25(4,5)6/h8,11-14,20-21,29H,2,7,9-10,15-17H2,1,3-6H3,(H,26,30)(H,27,32). The molecule has 3 amide bonds. The topological polar surface area (TPSA) is 108 Å². The van der Waals surface area contributed by atoms with Crippen molar-refractivity contribution in [2.75, 3.05) is 19.7 Å². The van der Waals surface area contributed by atoms with Crippen molar-refractivity contribution in [1.82, 2.24) is 15.5 Å². The third-order valence-corrected chi connectivity index (χ3v) is 4.81. The van der Waals surface area contributed by atoms with Crippen molar-refractivity contribution in [2.24, 2.45) is 0 Å². The molecule has 8 nitrogen and oxygen atoms in total. The van der Waals surface area contributed by atoms with Gasteiger partial charge in [-0.25, -0.2) is 4.79 Å². The van der Waals surface area contributed by atoms with Crippen molar-refractivity contribution in [1.29, 1.82) is 0 Å². The van der Waals surface area contributed by atoms with Gasteiger partial charge in [0, 0.05) is 13.1 Å².